The molecule has 2 heteroatoms. The average Bonchev–Trinajstić information content (AvgIpc) is 3.11. The lowest BCUT2D eigenvalue weighted by Crippen LogP contribution is -2.35. The molecule has 0 spiro atoms. The monoisotopic (exact) mass is 322 g/mol. The van der Waals surface area contributed by atoms with Crippen molar-refractivity contribution in [2.45, 2.75) is 111 Å². The van der Waals surface area contributed by atoms with Crippen molar-refractivity contribution in [3.63, 3.8) is 0 Å². The van der Waals surface area contributed by atoms with E-state index in [2.05, 4.69) is 31.1 Å². The highest BCUT2D eigenvalue weighted by atomic mass is 15.1. The predicted octanol–water partition coefficient (Wildman–Crippen LogP) is 6.50. The van der Waals surface area contributed by atoms with Gasteiger partial charge in [0.1, 0.15) is 5.84 Å². The minimum absolute atomic E-state index is 0.301. The second-order valence-corrected chi connectivity index (χ2v) is 7.71. The molecule has 1 unspecified atom stereocenters. The predicted molar refractivity (Wildman–Crippen MR) is 104 cm³/mol. The Hall–Kier alpha value is -0.530. The average molecular weight is 323 g/mol. The normalized spacial score (nSPS) is 16.9. The summed E-state index contributed by atoms with van der Waals surface area (Å²) in [6.07, 6.45) is 19.7. The van der Waals surface area contributed by atoms with Crippen LogP contribution >= 0.6 is 0 Å². The van der Waals surface area contributed by atoms with E-state index >= 15 is 0 Å². The minimum atomic E-state index is 0.301. The topological polar surface area (TPSA) is 24.4 Å². The van der Waals surface area contributed by atoms with Gasteiger partial charge in [-0.15, -0.1) is 0 Å². The molecule has 0 amide bonds. The van der Waals surface area contributed by atoms with E-state index in [1.807, 2.05) is 0 Å². The standard InChI is InChI=1S/C21H42N2/c1-4-6-7-8-9-10-11-12-13-14-15-16-17-21(3,5-2)20-22-18-19-23-20/h4-19H2,1-3H3,(H,22,23). The van der Waals surface area contributed by atoms with E-state index in [4.69, 9.17) is 0 Å². The van der Waals surface area contributed by atoms with Gasteiger partial charge in [-0.2, -0.15) is 0 Å². The highest BCUT2D eigenvalue weighted by Gasteiger charge is 2.29. The van der Waals surface area contributed by atoms with Crippen molar-refractivity contribution in [3.8, 4) is 0 Å². The number of hydrogen-bond acceptors (Lipinski definition) is 2. The number of nitrogens with one attached hydrogen (secondary N) is 1. The fourth-order valence-corrected chi connectivity index (χ4v) is 3.62. The summed E-state index contributed by atoms with van der Waals surface area (Å²) < 4.78 is 0. The van der Waals surface area contributed by atoms with Crippen molar-refractivity contribution in [2.24, 2.45) is 10.4 Å². The van der Waals surface area contributed by atoms with Crippen molar-refractivity contribution in [2.75, 3.05) is 13.1 Å². The molecule has 136 valence electrons. The molecule has 23 heavy (non-hydrogen) atoms. The van der Waals surface area contributed by atoms with Crippen LogP contribution in [-0.4, -0.2) is 18.9 Å². The molecule has 1 atom stereocenters. The molecule has 0 saturated carbocycles. The highest BCUT2D eigenvalue weighted by molar-refractivity contribution is 5.88. The Labute approximate surface area is 145 Å². The second kappa shape index (κ2) is 12.8. The van der Waals surface area contributed by atoms with Crippen LogP contribution in [0.1, 0.15) is 111 Å². The summed E-state index contributed by atoms with van der Waals surface area (Å²) in [7, 11) is 0. The lowest BCUT2D eigenvalue weighted by atomic mass is 9.80. The van der Waals surface area contributed by atoms with E-state index < -0.39 is 0 Å². The van der Waals surface area contributed by atoms with Gasteiger partial charge in [-0.3, -0.25) is 4.99 Å². The van der Waals surface area contributed by atoms with E-state index in [0.717, 1.165) is 13.1 Å². The van der Waals surface area contributed by atoms with Gasteiger partial charge in [0.05, 0.1) is 6.54 Å². The van der Waals surface area contributed by atoms with Crippen LogP contribution in [0.25, 0.3) is 0 Å². The summed E-state index contributed by atoms with van der Waals surface area (Å²) in [4.78, 5) is 4.66. The molecule has 2 nitrogen and oxygen atoms in total. The van der Waals surface area contributed by atoms with Gasteiger partial charge in [0.15, 0.2) is 0 Å². The van der Waals surface area contributed by atoms with Crippen LogP contribution in [0.5, 0.6) is 0 Å². The van der Waals surface area contributed by atoms with Crippen molar-refractivity contribution in [3.05, 3.63) is 0 Å². The third kappa shape index (κ3) is 8.77. The summed E-state index contributed by atoms with van der Waals surface area (Å²) in [6, 6.07) is 0. The first-order valence-electron chi connectivity index (χ1n) is 10.5. The van der Waals surface area contributed by atoms with Crippen LogP contribution < -0.4 is 5.32 Å². The van der Waals surface area contributed by atoms with Crippen molar-refractivity contribution < 1.29 is 0 Å². The molecule has 0 aromatic rings. The molecule has 0 radical (unpaired) electrons. The van der Waals surface area contributed by atoms with Crippen LogP contribution in [0.2, 0.25) is 0 Å². The lowest BCUT2D eigenvalue weighted by molar-refractivity contribution is 0.380. The van der Waals surface area contributed by atoms with Crippen LogP contribution in [0.15, 0.2) is 4.99 Å². The summed E-state index contributed by atoms with van der Waals surface area (Å²) in [5.41, 5.74) is 0.301. The molecular weight excluding hydrogens is 280 g/mol. The molecule has 1 aliphatic rings. The Morgan fingerprint density at radius 3 is 1.78 bits per heavy atom. The zero-order chi connectivity index (χ0) is 16.8. The quantitative estimate of drug-likeness (QED) is 0.342. The fraction of sp³-hybridized carbons (Fsp3) is 0.952. The maximum atomic E-state index is 4.66. The SMILES string of the molecule is CCCCCCCCCCCCCCC(C)(CC)C1=NCCN1. The van der Waals surface area contributed by atoms with E-state index in [1.165, 1.54) is 95.7 Å². The molecule has 1 aliphatic heterocycles. The zero-order valence-corrected chi connectivity index (χ0v) is 16.3. The van der Waals surface area contributed by atoms with Gasteiger partial charge in [0, 0.05) is 12.0 Å². The largest absolute Gasteiger partial charge is 0.372 e. The van der Waals surface area contributed by atoms with Crippen molar-refractivity contribution >= 4 is 5.84 Å². The number of unbranched alkanes of at least 4 members (excludes halogenated alkanes) is 11. The molecule has 0 bridgehead atoms. The summed E-state index contributed by atoms with van der Waals surface area (Å²) in [6.45, 7) is 9.01. The molecular formula is C21H42N2. The van der Waals surface area contributed by atoms with Crippen LogP contribution in [0.4, 0.5) is 0 Å². The Morgan fingerprint density at radius 2 is 1.35 bits per heavy atom. The van der Waals surface area contributed by atoms with Crippen molar-refractivity contribution in [1.29, 1.82) is 0 Å². The van der Waals surface area contributed by atoms with Gasteiger partial charge in [-0.05, 0) is 12.8 Å². The maximum absolute atomic E-state index is 4.66. The smallest absolute Gasteiger partial charge is 0.102 e. The number of aliphatic imine (C=N–C) groups is 1. The van der Waals surface area contributed by atoms with Gasteiger partial charge in [-0.25, -0.2) is 0 Å². The van der Waals surface area contributed by atoms with Gasteiger partial charge < -0.3 is 5.32 Å². The van der Waals surface area contributed by atoms with Gasteiger partial charge >= 0.3 is 0 Å². The number of rotatable bonds is 15. The highest BCUT2D eigenvalue weighted by Crippen LogP contribution is 2.30. The first-order valence-corrected chi connectivity index (χ1v) is 10.5. The summed E-state index contributed by atoms with van der Waals surface area (Å²) in [5, 5.41) is 3.49. The molecule has 1 N–H and O–H groups in total. The third-order valence-corrected chi connectivity index (χ3v) is 5.61. The minimum Gasteiger partial charge on any atom is -0.372 e. The maximum Gasteiger partial charge on any atom is 0.102 e. The van der Waals surface area contributed by atoms with Crippen LogP contribution in [0, 0.1) is 5.41 Å². The van der Waals surface area contributed by atoms with Gasteiger partial charge in [0.2, 0.25) is 0 Å². The van der Waals surface area contributed by atoms with E-state index in [1.54, 1.807) is 0 Å². The molecule has 0 aliphatic carbocycles. The van der Waals surface area contributed by atoms with Gasteiger partial charge in [-0.1, -0.05) is 97.8 Å². The molecule has 0 aromatic heterocycles. The Kier molecular flexibility index (Phi) is 11.5. The number of hydrogen-bond donors (Lipinski definition) is 1. The molecule has 0 aromatic carbocycles. The first-order chi connectivity index (χ1) is 11.2. The summed E-state index contributed by atoms with van der Waals surface area (Å²) >= 11 is 0. The Morgan fingerprint density at radius 1 is 0.826 bits per heavy atom. The second-order valence-electron chi connectivity index (χ2n) is 7.71. The van der Waals surface area contributed by atoms with E-state index in [9.17, 15) is 0 Å². The first kappa shape index (κ1) is 20.5. The van der Waals surface area contributed by atoms with E-state index in [-0.39, 0.29) is 0 Å². The zero-order valence-electron chi connectivity index (χ0n) is 16.3. The molecule has 1 rings (SSSR count). The number of amidine groups is 1. The van der Waals surface area contributed by atoms with Crippen molar-refractivity contribution in [1.82, 2.24) is 5.32 Å². The molecule has 1 heterocycles. The third-order valence-electron chi connectivity index (χ3n) is 5.61. The Balaban J connectivity index is 1.92. The molecule has 0 saturated heterocycles. The fourth-order valence-electron chi connectivity index (χ4n) is 3.62. The summed E-state index contributed by atoms with van der Waals surface area (Å²) in [5.74, 6) is 1.28. The van der Waals surface area contributed by atoms with E-state index in [0.29, 0.717) is 5.41 Å². The van der Waals surface area contributed by atoms with Crippen LogP contribution in [-0.2, 0) is 0 Å². The lowest BCUT2D eigenvalue weighted by Gasteiger charge is -2.28. The van der Waals surface area contributed by atoms with Gasteiger partial charge in [0.25, 0.3) is 0 Å². The number of nitrogens with zero attached hydrogens (tertiary/aromatic N) is 1. The Bertz CT molecular complexity index is 311. The van der Waals surface area contributed by atoms with Crippen LogP contribution in [0.3, 0.4) is 0 Å². The molecule has 0 fully saturated rings.